The summed E-state index contributed by atoms with van der Waals surface area (Å²) in [5.41, 5.74) is 1.62. The molecule has 1 saturated heterocycles. The van der Waals surface area contributed by atoms with Crippen molar-refractivity contribution in [2.45, 2.75) is 50.5 Å². The first kappa shape index (κ1) is 25.6. The number of aliphatic hydroxyl groups is 1. The van der Waals surface area contributed by atoms with Gasteiger partial charge in [0.15, 0.2) is 12.2 Å². The van der Waals surface area contributed by atoms with Crippen LogP contribution in [0, 0.1) is 0 Å². The Balaban J connectivity index is 1.65. The Kier molecular flexibility index (Phi) is 8.84. The quantitative estimate of drug-likeness (QED) is 0.450. The van der Waals surface area contributed by atoms with Crippen molar-refractivity contribution in [3.8, 4) is 0 Å². The molecule has 0 saturated carbocycles. The topological polar surface area (TPSA) is 91.3 Å². The first-order valence-electron chi connectivity index (χ1n) is 12.0. The molecule has 5 unspecified atom stereocenters. The average molecular weight is 491 g/mol. The third kappa shape index (κ3) is 6.18. The molecule has 1 fully saturated rings. The van der Waals surface area contributed by atoms with Crippen molar-refractivity contribution in [1.82, 2.24) is 0 Å². The molecular formula is C29H30O7. The van der Waals surface area contributed by atoms with Crippen LogP contribution < -0.4 is 0 Å². The maximum absolute atomic E-state index is 13.1. The Hall–Kier alpha value is -3.52. The molecule has 7 nitrogen and oxygen atoms in total. The third-order valence-electron chi connectivity index (χ3n) is 6.10. The van der Waals surface area contributed by atoms with Crippen molar-refractivity contribution < 1.29 is 33.6 Å². The second-order valence-corrected chi connectivity index (χ2v) is 8.54. The zero-order valence-corrected chi connectivity index (χ0v) is 20.1. The number of esters is 2. The van der Waals surface area contributed by atoms with E-state index in [4.69, 9.17) is 18.9 Å². The minimum Gasteiger partial charge on any atom is -0.452 e. The fourth-order valence-electron chi connectivity index (χ4n) is 4.24. The highest BCUT2D eigenvalue weighted by atomic mass is 16.6. The number of hydrogen-bond acceptors (Lipinski definition) is 7. The van der Waals surface area contributed by atoms with Gasteiger partial charge in [0.2, 0.25) is 0 Å². The van der Waals surface area contributed by atoms with Crippen LogP contribution in [0.5, 0.6) is 0 Å². The molecule has 0 aromatic heterocycles. The Morgan fingerprint density at radius 2 is 1.22 bits per heavy atom. The van der Waals surface area contributed by atoms with Crippen LogP contribution in [-0.2, 0) is 25.6 Å². The summed E-state index contributed by atoms with van der Waals surface area (Å²) in [5.74, 6) is -1.14. The first-order valence-corrected chi connectivity index (χ1v) is 12.0. The van der Waals surface area contributed by atoms with Crippen molar-refractivity contribution in [3.63, 3.8) is 0 Å². The molecule has 1 heterocycles. The Bertz CT molecular complexity index is 1100. The molecular weight excluding hydrogens is 460 g/mol. The minimum absolute atomic E-state index is 0.195. The lowest BCUT2D eigenvalue weighted by Crippen LogP contribution is -2.61. The number of hydrogen-bond donors (Lipinski definition) is 1. The maximum atomic E-state index is 13.1. The molecule has 4 rings (SSSR count). The number of benzene rings is 3. The largest absolute Gasteiger partial charge is 0.452 e. The molecule has 1 aliphatic rings. The van der Waals surface area contributed by atoms with Crippen LogP contribution in [0.2, 0.25) is 0 Å². The highest BCUT2D eigenvalue weighted by Gasteiger charge is 2.50. The van der Waals surface area contributed by atoms with Gasteiger partial charge in [-0.2, -0.15) is 0 Å². The van der Waals surface area contributed by atoms with Crippen LogP contribution in [0.3, 0.4) is 0 Å². The van der Waals surface area contributed by atoms with E-state index < -0.39 is 42.5 Å². The van der Waals surface area contributed by atoms with Crippen LogP contribution in [0.1, 0.15) is 39.6 Å². The standard InChI is InChI=1S/C29H30O7/c1-2-23-26(35-28(31)21-14-8-4-9-15-21)27(36-29(32)22-16-10-5-11-17-22)25(24(18-30)34-23)33-19-20-12-6-3-7-13-20/h3-17,23-27,30H,2,18-19H2,1H3. The number of carbonyl (C=O) groups is 2. The van der Waals surface area contributed by atoms with E-state index in [1.54, 1.807) is 60.7 Å². The molecule has 0 bridgehead atoms. The Morgan fingerprint density at radius 3 is 1.72 bits per heavy atom. The summed E-state index contributed by atoms with van der Waals surface area (Å²) in [5, 5.41) is 10.1. The molecule has 1 aliphatic heterocycles. The van der Waals surface area contributed by atoms with Crippen molar-refractivity contribution in [2.75, 3.05) is 6.61 Å². The molecule has 0 radical (unpaired) electrons. The monoisotopic (exact) mass is 490 g/mol. The second kappa shape index (κ2) is 12.4. The number of carbonyl (C=O) groups excluding carboxylic acids is 2. The lowest BCUT2D eigenvalue weighted by molar-refractivity contribution is -0.244. The molecule has 36 heavy (non-hydrogen) atoms. The van der Waals surface area contributed by atoms with Crippen LogP contribution in [0.15, 0.2) is 91.0 Å². The summed E-state index contributed by atoms with van der Waals surface area (Å²) in [4.78, 5) is 26.1. The minimum atomic E-state index is -1.01. The fraction of sp³-hybridized carbons (Fsp3) is 0.310. The van der Waals surface area contributed by atoms with Gasteiger partial charge in [-0.3, -0.25) is 0 Å². The molecule has 188 valence electrons. The van der Waals surface area contributed by atoms with Crippen LogP contribution in [-0.4, -0.2) is 54.2 Å². The normalized spacial score (nSPS) is 23.6. The van der Waals surface area contributed by atoms with Gasteiger partial charge < -0.3 is 24.1 Å². The lowest BCUT2D eigenvalue weighted by atomic mass is 9.92. The van der Waals surface area contributed by atoms with Gasteiger partial charge in [-0.1, -0.05) is 73.7 Å². The predicted octanol–water partition coefficient (Wildman–Crippen LogP) is 4.19. The fourth-order valence-corrected chi connectivity index (χ4v) is 4.24. The zero-order chi connectivity index (χ0) is 25.3. The van der Waals surface area contributed by atoms with Gasteiger partial charge in [-0.15, -0.1) is 0 Å². The van der Waals surface area contributed by atoms with Gasteiger partial charge in [0, 0.05) is 0 Å². The number of rotatable bonds is 9. The van der Waals surface area contributed by atoms with E-state index in [1.165, 1.54) is 0 Å². The van der Waals surface area contributed by atoms with Gasteiger partial charge in [0.05, 0.1) is 30.4 Å². The summed E-state index contributed by atoms with van der Waals surface area (Å²) in [6, 6.07) is 26.7. The maximum Gasteiger partial charge on any atom is 0.338 e. The van der Waals surface area contributed by atoms with E-state index in [-0.39, 0.29) is 13.2 Å². The highest BCUT2D eigenvalue weighted by Crippen LogP contribution is 2.31. The van der Waals surface area contributed by atoms with E-state index in [0.29, 0.717) is 17.5 Å². The Labute approximate surface area is 210 Å². The number of aliphatic hydroxyl groups excluding tert-OH is 1. The summed E-state index contributed by atoms with van der Waals surface area (Å²) >= 11 is 0. The number of ether oxygens (including phenoxy) is 4. The van der Waals surface area contributed by atoms with E-state index in [0.717, 1.165) is 5.56 Å². The second-order valence-electron chi connectivity index (χ2n) is 8.54. The zero-order valence-electron chi connectivity index (χ0n) is 20.1. The van der Waals surface area contributed by atoms with Crippen LogP contribution >= 0.6 is 0 Å². The van der Waals surface area contributed by atoms with E-state index in [2.05, 4.69) is 0 Å². The van der Waals surface area contributed by atoms with Crippen LogP contribution in [0.4, 0.5) is 0 Å². The molecule has 3 aromatic carbocycles. The molecule has 3 aromatic rings. The van der Waals surface area contributed by atoms with Crippen molar-refractivity contribution >= 4 is 11.9 Å². The van der Waals surface area contributed by atoms with E-state index in [1.807, 2.05) is 37.3 Å². The van der Waals surface area contributed by atoms with E-state index >= 15 is 0 Å². The molecule has 0 spiro atoms. The van der Waals surface area contributed by atoms with Gasteiger partial charge in [-0.25, -0.2) is 9.59 Å². The summed E-state index contributed by atoms with van der Waals surface area (Å²) in [6.07, 6.45) is -3.75. The third-order valence-corrected chi connectivity index (χ3v) is 6.10. The van der Waals surface area contributed by atoms with Crippen molar-refractivity contribution in [1.29, 1.82) is 0 Å². The molecule has 5 atom stereocenters. The summed E-state index contributed by atoms with van der Waals surface area (Å²) in [6.45, 7) is 1.72. The highest BCUT2D eigenvalue weighted by molar-refractivity contribution is 5.90. The first-order chi connectivity index (χ1) is 17.6. The van der Waals surface area contributed by atoms with Gasteiger partial charge in [-0.05, 0) is 36.2 Å². The predicted molar refractivity (Wildman–Crippen MR) is 132 cm³/mol. The van der Waals surface area contributed by atoms with Gasteiger partial charge >= 0.3 is 11.9 Å². The molecule has 0 amide bonds. The average Bonchev–Trinajstić information content (AvgIpc) is 2.94. The summed E-state index contributed by atoms with van der Waals surface area (Å²) in [7, 11) is 0. The molecule has 0 aliphatic carbocycles. The van der Waals surface area contributed by atoms with E-state index in [9.17, 15) is 14.7 Å². The smallest absolute Gasteiger partial charge is 0.338 e. The summed E-state index contributed by atoms with van der Waals surface area (Å²) < 4.78 is 24.2. The van der Waals surface area contributed by atoms with Crippen molar-refractivity contribution in [2.24, 2.45) is 0 Å². The molecule has 1 N–H and O–H groups in total. The van der Waals surface area contributed by atoms with Gasteiger partial charge in [0.25, 0.3) is 0 Å². The molecule has 7 heteroatoms. The van der Waals surface area contributed by atoms with Crippen LogP contribution in [0.25, 0.3) is 0 Å². The SMILES string of the molecule is CCC1OC(CO)C(OCc2ccccc2)C(OC(=O)c2ccccc2)C1OC(=O)c1ccccc1. The van der Waals surface area contributed by atoms with Gasteiger partial charge in [0.1, 0.15) is 12.2 Å². The van der Waals surface area contributed by atoms with Crippen molar-refractivity contribution in [3.05, 3.63) is 108 Å². The Morgan fingerprint density at radius 1 is 0.722 bits per heavy atom. The lowest BCUT2D eigenvalue weighted by Gasteiger charge is -2.44.